The van der Waals surface area contributed by atoms with Crippen LogP contribution in [0.5, 0.6) is 5.75 Å². The summed E-state index contributed by atoms with van der Waals surface area (Å²) in [6.07, 6.45) is -4.87. The Morgan fingerprint density at radius 1 is 1.08 bits per heavy atom. The van der Waals surface area contributed by atoms with Crippen LogP contribution in [0.25, 0.3) is 0 Å². The van der Waals surface area contributed by atoms with E-state index in [2.05, 4.69) is 15.4 Å². The number of para-hydroxylation sites is 2. The number of carbonyl (C=O) groups excluding carboxylic acids is 1. The Morgan fingerprint density at radius 2 is 1.71 bits per heavy atom. The van der Waals surface area contributed by atoms with Crippen LogP contribution in [0.4, 0.5) is 23.7 Å². The number of urea groups is 1. The van der Waals surface area contributed by atoms with Gasteiger partial charge in [0.25, 0.3) is 0 Å². The van der Waals surface area contributed by atoms with Crippen LogP contribution in [0.2, 0.25) is 0 Å². The van der Waals surface area contributed by atoms with Crippen LogP contribution in [0.1, 0.15) is 11.6 Å². The zero-order valence-electron chi connectivity index (χ0n) is 12.4. The van der Waals surface area contributed by atoms with Crippen LogP contribution in [-0.4, -0.2) is 24.1 Å². The van der Waals surface area contributed by atoms with Crippen molar-refractivity contribution in [2.24, 2.45) is 0 Å². The Labute approximate surface area is 136 Å². The van der Waals surface area contributed by atoms with E-state index >= 15 is 0 Å². The molecule has 0 aliphatic heterocycles. The number of aliphatic hydroxyl groups is 1. The number of anilines is 1. The van der Waals surface area contributed by atoms with Gasteiger partial charge in [0.05, 0.1) is 18.3 Å². The van der Waals surface area contributed by atoms with E-state index in [0.29, 0.717) is 5.56 Å². The SMILES string of the molecule is O=C(Nc1ccccc1OC(F)(F)F)N[C@H](CO)c1ccccc1. The van der Waals surface area contributed by atoms with Crippen molar-refractivity contribution in [2.45, 2.75) is 12.4 Å². The average Bonchev–Trinajstić information content (AvgIpc) is 2.54. The molecular formula is C16H15F3N2O3. The largest absolute Gasteiger partial charge is 0.573 e. The van der Waals surface area contributed by atoms with Crippen molar-refractivity contribution in [1.29, 1.82) is 0 Å². The van der Waals surface area contributed by atoms with Crippen LogP contribution in [0, 0.1) is 0 Å². The fraction of sp³-hybridized carbons (Fsp3) is 0.188. The summed E-state index contributed by atoms with van der Waals surface area (Å²) in [5, 5.41) is 14.2. The quantitative estimate of drug-likeness (QED) is 0.781. The number of benzene rings is 2. The molecule has 0 saturated heterocycles. The monoisotopic (exact) mass is 340 g/mol. The topological polar surface area (TPSA) is 70.6 Å². The number of carbonyl (C=O) groups is 1. The summed E-state index contributed by atoms with van der Waals surface area (Å²) in [7, 11) is 0. The van der Waals surface area contributed by atoms with Crippen molar-refractivity contribution in [2.75, 3.05) is 11.9 Å². The highest BCUT2D eigenvalue weighted by molar-refractivity contribution is 5.91. The molecule has 0 aliphatic carbocycles. The van der Waals surface area contributed by atoms with Crippen molar-refractivity contribution >= 4 is 11.7 Å². The number of hydrogen-bond acceptors (Lipinski definition) is 3. The molecule has 0 heterocycles. The molecule has 0 radical (unpaired) electrons. The number of alkyl halides is 3. The minimum atomic E-state index is -4.87. The normalized spacial score (nSPS) is 12.3. The van der Waals surface area contributed by atoms with Crippen LogP contribution in [0.3, 0.4) is 0 Å². The van der Waals surface area contributed by atoms with E-state index in [9.17, 15) is 23.1 Å². The molecule has 8 heteroatoms. The van der Waals surface area contributed by atoms with E-state index in [1.807, 2.05) is 0 Å². The molecule has 0 bridgehead atoms. The maximum atomic E-state index is 12.4. The number of nitrogens with one attached hydrogen (secondary N) is 2. The lowest BCUT2D eigenvalue weighted by molar-refractivity contribution is -0.274. The molecule has 3 N–H and O–H groups in total. The summed E-state index contributed by atoms with van der Waals surface area (Å²) < 4.78 is 40.9. The fourth-order valence-corrected chi connectivity index (χ4v) is 2.02. The molecule has 2 rings (SSSR count). The molecule has 0 fully saturated rings. The van der Waals surface area contributed by atoms with E-state index in [4.69, 9.17) is 0 Å². The molecule has 0 unspecified atom stereocenters. The molecule has 0 aromatic heterocycles. The molecular weight excluding hydrogens is 325 g/mol. The Morgan fingerprint density at radius 3 is 2.33 bits per heavy atom. The van der Waals surface area contributed by atoms with E-state index in [1.165, 1.54) is 18.2 Å². The first-order valence-electron chi connectivity index (χ1n) is 6.97. The molecule has 1 atom stereocenters. The number of halogens is 3. The van der Waals surface area contributed by atoms with Gasteiger partial charge in [-0.1, -0.05) is 42.5 Å². The summed E-state index contributed by atoms with van der Waals surface area (Å²) >= 11 is 0. The highest BCUT2D eigenvalue weighted by Crippen LogP contribution is 2.29. The summed E-state index contributed by atoms with van der Waals surface area (Å²) in [4.78, 5) is 12.0. The third kappa shape index (κ3) is 5.17. The van der Waals surface area contributed by atoms with E-state index in [-0.39, 0.29) is 12.3 Å². The molecule has 5 nitrogen and oxygen atoms in total. The summed E-state index contributed by atoms with van der Waals surface area (Å²) in [6, 6.07) is 12.4. The zero-order valence-corrected chi connectivity index (χ0v) is 12.4. The van der Waals surface area contributed by atoms with Gasteiger partial charge < -0.3 is 20.5 Å². The molecule has 2 aromatic carbocycles. The van der Waals surface area contributed by atoms with Gasteiger partial charge in [-0.15, -0.1) is 13.2 Å². The van der Waals surface area contributed by atoms with Gasteiger partial charge in [0.2, 0.25) is 0 Å². The first-order chi connectivity index (χ1) is 11.4. The molecule has 128 valence electrons. The summed E-state index contributed by atoms with van der Waals surface area (Å²) in [6.45, 7) is -0.363. The van der Waals surface area contributed by atoms with Crippen molar-refractivity contribution in [1.82, 2.24) is 5.32 Å². The highest BCUT2D eigenvalue weighted by atomic mass is 19.4. The van der Waals surface area contributed by atoms with Crippen LogP contribution >= 0.6 is 0 Å². The number of aliphatic hydroxyl groups excluding tert-OH is 1. The van der Waals surface area contributed by atoms with Gasteiger partial charge in [-0.05, 0) is 17.7 Å². The van der Waals surface area contributed by atoms with Crippen LogP contribution < -0.4 is 15.4 Å². The lowest BCUT2D eigenvalue weighted by atomic mass is 10.1. The number of hydrogen-bond donors (Lipinski definition) is 3. The second-order valence-electron chi connectivity index (χ2n) is 4.79. The maximum absolute atomic E-state index is 12.4. The van der Waals surface area contributed by atoms with Crippen LogP contribution in [-0.2, 0) is 0 Å². The maximum Gasteiger partial charge on any atom is 0.573 e. The van der Waals surface area contributed by atoms with Crippen molar-refractivity contribution < 1.29 is 27.8 Å². The first kappa shape index (κ1) is 17.6. The van der Waals surface area contributed by atoms with Crippen molar-refractivity contribution in [3.8, 4) is 5.75 Å². The van der Waals surface area contributed by atoms with E-state index < -0.39 is 24.2 Å². The standard InChI is InChI=1S/C16H15F3N2O3/c17-16(18,19)24-14-9-5-4-8-12(14)20-15(23)21-13(10-22)11-6-2-1-3-7-11/h1-9,13,22H,10H2,(H2,20,21,23)/t13-/m1/s1. The molecule has 24 heavy (non-hydrogen) atoms. The lowest BCUT2D eigenvalue weighted by Gasteiger charge is -2.18. The molecule has 0 aliphatic rings. The predicted molar refractivity (Wildman–Crippen MR) is 81.5 cm³/mol. The summed E-state index contributed by atoms with van der Waals surface area (Å²) in [5.74, 6) is -0.527. The third-order valence-electron chi connectivity index (χ3n) is 3.05. The fourth-order valence-electron chi connectivity index (χ4n) is 2.02. The zero-order chi connectivity index (χ0) is 17.6. The van der Waals surface area contributed by atoms with Gasteiger partial charge in [-0.2, -0.15) is 0 Å². The molecule has 0 spiro atoms. The average molecular weight is 340 g/mol. The Bertz CT molecular complexity index is 678. The lowest BCUT2D eigenvalue weighted by Crippen LogP contribution is -2.34. The van der Waals surface area contributed by atoms with Crippen molar-refractivity contribution in [3.63, 3.8) is 0 Å². The third-order valence-corrected chi connectivity index (χ3v) is 3.05. The van der Waals surface area contributed by atoms with Gasteiger partial charge >= 0.3 is 12.4 Å². The van der Waals surface area contributed by atoms with Crippen molar-refractivity contribution in [3.05, 3.63) is 60.2 Å². The van der Waals surface area contributed by atoms with E-state index in [0.717, 1.165) is 6.07 Å². The number of rotatable bonds is 5. The second-order valence-corrected chi connectivity index (χ2v) is 4.79. The van der Waals surface area contributed by atoms with Gasteiger partial charge in [0.15, 0.2) is 5.75 Å². The minimum absolute atomic E-state index is 0.142. The minimum Gasteiger partial charge on any atom is -0.404 e. The number of ether oxygens (including phenoxy) is 1. The smallest absolute Gasteiger partial charge is 0.404 e. The van der Waals surface area contributed by atoms with E-state index in [1.54, 1.807) is 30.3 Å². The Balaban J connectivity index is 2.07. The van der Waals surface area contributed by atoms with Crippen LogP contribution in [0.15, 0.2) is 54.6 Å². The van der Waals surface area contributed by atoms with Gasteiger partial charge in [-0.3, -0.25) is 0 Å². The first-order valence-corrected chi connectivity index (χ1v) is 6.97. The second kappa shape index (κ2) is 7.69. The summed E-state index contributed by atoms with van der Waals surface area (Å²) in [5.41, 5.74) is 0.520. The molecule has 0 saturated carbocycles. The Kier molecular flexibility index (Phi) is 5.64. The van der Waals surface area contributed by atoms with Gasteiger partial charge in [0, 0.05) is 0 Å². The highest BCUT2D eigenvalue weighted by Gasteiger charge is 2.32. The van der Waals surface area contributed by atoms with Gasteiger partial charge in [0.1, 0.15) is 0 Å². The number of amides is 2. The Hall–Kier alpha value is -2.74. The predicted octanol–water partition coefficient (Wildman–Crippen LogP) is 3.44. The molecule has 2 amide bonds. The van der Waals surface area contributed by atoms with Gasteiger partial charge in [-0.25, -0.2) is 4.79 Å². The molecule has 2 aromatic rings.